The molecule has 0 saturated carbocycles. The summed E-state index contributed by atoms with van der Waals surface area (Å²) < 4.78 is 10.7. The van der Waals surface area contributed by atoms with Gasteiger partial charge in [0.05, 0.1) is 25.3 Å². The van der Waals surface area contributed by atoms with Crippen molar-refractivity contribution in [1.82, 2.24) is 4.98 Å². The lowest BCUT2D eigenvalue weighted by Gasteiger charge is -2.16. The van der Waals surface area contributed by atoms with Crippen LogP contribution in [0.15, 0.2) is 47.8 Å². The quantitative estimate of drug-likeness (QED) is 0.660. The lowest BCUT2D eigenvalue weighted by Crippen LogP contribution is -2.28. The van der Waals surface area contributed by atoms with E-state index in [1.807, 2.05) is 29.6 Å². The highest BCUT2D eigenvalue weighted by molar-refractivity contribution is 7.14. The van der Waals surface area contributed by atoms with Crippen LogP contribution in [0.3, 0.4) is 0 Å². The van der Waals surface area contributed by atoms with Crippen LogP contribution in [0.25, 0.3) is 11.3 Å². The number of carbonyl (C=O) groups is 2. The summed E-state index contributed by atoms with van der Waals surface area (Å²) >= 11 is 1.38. The van der Waals surface area contributed by atoms with Crippen molar-refractivity contribution in [2.45, 2.75) is 12.8 Å². The summed E-state index contributed by atoms with van der Waals surface area (Å²) in [6, 6.07) is 13.3. The lowest BCUT2D eigenvalue weighted by atomic mass is 10.1. The van der Waals surface area contributed by atoms with Gasteiger partial charge in [0, 0.05) is 36.0 Å². The van der Waals surface area contributed by atoms with Crippen LogP contribution in [0.1, 0.15) is 12.0 Å². The van der Waals surface area contributed by atoms with Crippen molar-refractivity contribution < 1.29 is 19.1 Å². The van der Waals surface area contributed by atoms with Crippen molar-refractivity contribution >= 4 is 34.0 Å². The maximum absolute atomic E-state index is 12.8. The van der Waals surface area contributed by atoms with Crippen LogP contribution >= 0.6 is 11.3 Å². The second kappa shape index (κ2) is 8.03. The minimum absolute atomic E-state index is 0.0643. The Kier molecular flexibility index (Phi) is 5.07. The summed E-state index contributed by atoms with van der Waals surface area (Å²) in [5.41, 5.74) is 3.76. The van der Waals surface area contributed by atoms with Gasteiger partial charge < -0.3 is 19.7 Å². The van der Waals surface area contributed by atoms with E-state index in [9.17, 15) is 9.59 Å². The predicted molar refractivity (Wildman–Crippen MR) is 119 cm³/mol. The Hall–Kier alpha value is -3.39. The molecule has 1 fully saturated rings. The van der Waals surface area contributed by atoms with Crippen LogP contribution in [0.4, 0.5) is 10.8 Å². The summed E-state index contributed by atoms with van der Waals surface area (Å²) in [6.07, 6.45) is 1.08. The van der Waals surface area contributed by atoms with Crippen molar-refractivity contribution in [2.24, 2.45) is 5.92 Å². The molecule has 2 aliphatic heterocycles. The number of aromatic nitrogens is 1. The molecule has 5 rings (SSSR count). The summed E-state index contributed by atoms with van der Waals surface area (Å²) in [5.74, 6) is 0.984. The van der Waals surface area contributed by atoms with E-state index < -0.39 is 5.92 Å². The highest BCUT2D eigenvalue weighted by Gasteiger charge is 2.35. The molecule has 0 radical (unpaired) electrons. The molecule has 1 atom stereocenters. The molecular weight excluding hydrogens is 414 g/mol. The first-order valence-electron chi connectivity index (χ1n) is 10.1. The number of hydrogen-bond donors (Lipinski definition) is 1. The van der Waals surface area contributed by atoms with Crippen LogP contribution in [-0.4, -0.2) is 37.1 Å². The summed E-state index contributed by atoms with van der Waals surface area (Å²) in [7, 11) is 1.60. The zero-order valence-corrected chi connectivity index (χ0v) is 17.8. The first-order valence-corrected chi connectivity index (χ1v) is 11.0. The van der Waals surface area contributed by atoms with E-state index in [0.717, 1.165) is 34.9 Å². The molecule has 3 aromatic rings. The Labute approximate surface area is 183 Å². The largest absolute Gasteiger partial charge is 0.497 e. The molecule has 2 amide bonds. The first-order chi connectivity index (χ1) is 15.1. The molecule has 158 valence electrons. The van der Waals surface area contributed by atoms with E-state index in [4.69, 9.17) is 9.47 Å². The highest BCUT2D eigenvalue weighted by Crippen LogP contribution is 2.33. The average molecular weight is 436 g/mol. The molecule has 0 spiro atoms. The lowest BCUT2D eigenvalue weighted by molar-refractivity contribution is -0.122. The Balaban J connectivity index is 1.25. The monoisotopic (exact) mass is 435 g/mol. The van der Waals surface area contributed by atoms with Gasteiger partial charge in [0.1, 0.15) is 11.5 Å². The SMILES string of the molecule is COc1ccc(N2CC(C(=O)Nc3nc(-c4ccc5c(c4)CCO5)cs3)CC2=O)cc1. The molecule has 2 aromatic carbocycles. The molecule has 8 heteroatoms. The van der Waals surface area contributed by atoms with Crippen molar-refractivity contribution in [1.29, 1.82) is 0 Å². The third kappa shape index (κ3) is 3.86. The predicted octanol–water partition coefficient (Wildman–Crippen LogP) is 3.75. The molecule has 2 aliphatic rings. The highest BCUT2D eigenvalue weighted by atomic mass is 32.1. The van der Waals surface area contributed by atoms with Crippen LogP contribution < -0.4 is 19.7 Å². The second-order valence-electron chi connectivity index (χ2n) is 7.55. The zero-order valence-electron chi connectivity index (χ0n) is 17.0. The normalized spacial score (nSPS) is 17.4. The number of hydrogen-bond acceptors (Lipinski definition) is 6. The summed E-state index contributed by atoms with van der Waals surface area (Å²) in [4.78, 5) is 31.5. The molecule has 1 aromatic heterocycles. The number of anilines is 2. The van der Waals surface area contributed by atoms with Crippen molar-refractivity contribution in [3.05, 3.63) is 53.4 Å². The Bertz CT molecular complexity index is 1140. The van der Waals surface area contributed by atoms with E-state index in [0.29, 0.717) is 18.3 Å². The number of benzene rings is 2. The number of rotatable bonds is 5. The number of nitrogens with one attached hydrogen (secondary N) is 1. The topological polar surface area (TPSA) is 80.8 Å². The van der Waals surface area contributed by atoms with Gasteiger partial charge in [-0.25, -0.2) is 4.98 Å². The van der Waals surface area contributed by atoms with E-state index in [-0.39, 0.29) is 18.2 Å². The number of amides is 2. The number of methoxy groups -OCH3 is 1. The number of thiazole rings is 1. The van der Waals surface area contributed by atoms with Crippen LogP contribution in [0, 0.1) is 5.92 Å². The molecular formula is C23H21N3O4S. The van der Waals surface area contributed by atoms with Gasteiger partial charge in [-0.1, -0.05) is 0 Å². The molecule has 1 unspecified atom stereocenters. The molecule has 1 N–H and O–H groups in total. The molecule has 0 aliphatic carbocycles. The van der Waals surface area contributed by atoms with Crippen molar-refractivity contribution in [3.8, 4) is 22.8 Å². The van der Waals surface area contributed by atoms with Gasteiger partial charge in [0.15, 0.2) is 5.13 Å². The van der Waals surface area contributed by atoms with E-state index in [2.05, 4.69) is 16.4 Å². The summed E-state index contributed by atoms with van der Waals surface area (Å²) in [6.45, 7) is 1.06. The van der Waals surface area contributed by atoms with E-state index >= 15 is 0 Å². The van der Waals surface area contributed by atoms with Gasteiger partial charge in [0.2, 0.25) is 11.8 Å². The maximum atomic E-state index is 12.8. The minimum Gasteiger partial charge on any atom is -0.497 e. The van der Waals surface area contributed by atoms with Gasteiger partial charge in [-0.15, -0.1) is 11.3 Å². The molecule has 7 nitrogen and oxygen atoms in total. The zero-order chi connectivity index (χ0) is 21.4. The number of fused-ring (bicyclic) bond motifs is 1. The minimum atomic E-state index is -0.418. The van der Waals surface area contributed by atoms with Crippen LogP contribution in [0.2, 0.25) is 0 Å². The van der Waals surface area contributed by atoms with Gasteiger partial charge in [-0.3, -0.25) is 9.59 Å². The fourth-order valence-electron chi connectivity index (χ4n) is 3.91. The average Bonchev–Trinajstić information content (AvgIpc) is 3.53. The molecule has 0 bridgehead atoms. The third-order valence-electron chi connectivity index (χ3n) is 5.60. The van der Waals surface area contributed by atoms with Crippen molar-refractivity contribution in [3.63, 3.8) is 0 Å². The number of ether oxygens (including phenoxy) is 2. The Morgan fingerprint density at radius 2 is 2.10 bits per heavy atom. The maximum Gasteiger partial charge on any atom is 0.231 e. The molecule has 31 heavy (non-hydrogen) atoms. The van der Waals surface area contributed by atoms with Gasteiger partial charge in [-0.05, 0) is 48.0 Å². The van der Waals surface area contributed by atoms with E-state index in [1.165, 1.54) is 16.9 Å². The third-order valence-corrected chi connectivity index (χ3v) is 6.36. The molecule has 3 heterocycles. The second-order valence-corrected chi connectivity index (χ2v) is 8.41. The van der Waals surface area contributed by atoms with Gasteiger partial charge in [-0.2, -0.15) is 0 Å². The van der Waals surface area contributed by atoms with Gasteiger partial charge in [0.25, 0.3) is 0 Å². The molecule has 1 saturated heterocycles. The summed E-state index contributed by atoms with van der Waals surface area (Å²) in [5, 5.41) is 5.34. The first kappa shape index (κ1) is 19.6. The Morgan fingerprint density at radius 1 is 1.26 bits per heavy atom. The standard InChI is InChI=1S/C23H21N3O4S/c1-29-18-5-3-17(4-6-18)26-12-16(11-21(26)27)22(28)25-23-24-19(13-31-23)14-2-7-20-15(10-14)8-9-30-20/h2-7,10,13,16H,8-9,11-12H2,1H3,(H,24,25,28). The van der Waals surface area contributed by atoms with E-state index in [1.54, 1.807) is 24.1 Å². The number of nitrogens with zero attached hydrogens (tertiary/aromatic N) is 2. The number of carbonyl (C=O) groups excluding carboxylic acids is 2. The smallest absolute Gasteiger partial charge is 0.231 e. The fourth-order valence-corrected chi connectivity index (χ4v) is 4.63. The van der Waals surface area contributed by atoms with Gasteiger partial charge >= 0.3 is 0 Å². The van der Waals surface area contributed by atoms with Crippen molar-refractivity contribution in [2.75, 3.05) is 30.5 Å². The van der Waals surface area contributed by atoms with Crippen LogP contribution in [0.5, 0.6) is 11.5 Å². The fraction of sp³-hybridized carbons (Fsp3) is 0.261. The van der Waals surface area contributed by atoms with Crippen LogP contribution in [-0.2, 0) is 16.0 Å². The Morgan fingerprint density at radius 3 is 2.90 bits per heavy atom.